The second-order valence-corrected chi connectivity index (χ2v) is 6.37. The van der Waals surface area contributed by atoms with Crippen LogP contribution in [0.4, 0.5) is 10.1 Å². The molecule has 1 N–H and O–H groups in total. The number of carbonyl (C=O) groups is 1. The van der Waals surface area contributed by atoms with E-state index in [0.29, 0.717) is 22.3 Å². The average molecular weight is 379 g/mol. The molecule has 0 unspecified atom stereocenters. The van der Waals surface area contributed by atoms with Crippen LogP contribution in [0.15, 0.2) is 46.1 Å². The molecule has 1 amide bonds. The smallest absolute Gasteiger partial charge is 0.259 e. The Hall–Kier alpha value is -2.45. The van der Waals surface area contributed by atoms with Crippen molar-refractivity contribution in [3.05, 3.63) is 53.2 Å². The first-order valence-corrected chi connectivity index (χ1v) is 8.52. The van der Waals surface area contributed by atoms with E-state index < -0.39 is 5.82 Å². The van der Waals surface area contributed by atoms with Crippen LogP contribution < -0.4 is 5.32 Å². The van der Waals surface area contributed by atoms with Crippen molar-refractivity contribution in [1.29, 1.82) is 0 Å². The van der Waals surface area contributed by atoms with Crippen LogP contribution in [0.5, 0.6) is 0 Å². The lowest BCUT2D eigenvalue weighted by Gasteiger charge is -2.07. The van der Waals surface area contributed by atoms with E-state index in [9.17, 15) is 9.18 Å². The molecule has 1 aromatic carbocycles. The lowest BCUT2D eigenvalue weighted by atomic mass is 10.3. The Morgan fingerprint density at radius 2 is 2.20 bits per heavy atom. The molecule has 0 aliphatic heterocycles. The molecule has 3 aromatic rings. The van der Waals surface area contributed by atoms with Crippen molar-refractivity contribution in [2.75, 3.05) is 11.1 Å². The second kappa shape index (κ2) is 7.62. The van der Waals surface area contributed by atoms with Crippen molar-refractivity contribution >= 4 is 35.0 Å². The van der Waals surface area contributed by atoms with Crippen LogP contribution >= 0.6 is 23.4 Å². The molecule has 0 bridgehead atoms. The summed E-state index contributed by atoms with van der Waals surface area (Å²) in [7, 11) is 0. The molecule has 0 radical (unpaired) electrons. The van der Waals surface area contributed by atoms with Gasteiger partial charge < -0.3 is 9.84 Å². The maximum absolute atomic E-state index is 13.7. The zero-order valence-corrected chi connectivity index (χ0v) is 14.6. The maximum atomic E-state index is 13.7. The van der Waals surface area contributed by atoms with E-state index in [1.54, 1.807) is 31.3 Å². The highest BCUT2D eigenvalue weighted by molar-refractivity contribution is 7.99. The van der Waals surface area contributed by atoms with E-state index in [4.69, 9.17) is 16.1 Å². The van der Waals surface area contributed by atoms with Crippen LogP contribution in [0.25, 0.3) is 11.5 Å². The van der Waals surface area contributed by atoms with Gasteiger partial charge >= 0.3 is 0 Å². The Balaban J connectivity index is 1.58. The first-order chi connectivity index (χ1) is 12.0. The van der Waals surface area contributed by atoms with Gasteiger partial charge in [-0.1, -0.05) is 34.6 Å². The fraction of sp³-hybridized carbons (Fsp3) is 0.125. The van der Waals surface area contributed by atoms with Gasteiger partial charge in [-0.3, -0.25) is 4.79 Å². The molecule has 0 aliphatic carbocycles. The third-order valence-electron chi connectivity index (χ3n) is 3.09. The fourth-order valence-electron chi connectivity index (χ4n) is 1.93. The lowest BCUT2D eigenvalue weighted by Crippen LogP contribution is -2.15. The number of thioether (sulfide) groups is 1. The highest BCUT2D eigenvalue weighted by Crippen LogP contribution is 2.23. The Labute approximate surface area is 151 Å². The molecule has 0 atom stereocenters. The predicted octanol–water partition coefficient (Wildman–Crippen LogP) is 3.96. The summed E-state index contributed by atoms with van der Waals surface area (Å²) in [6.07, 6.45) is 1.59. The summed E-state index contributed by atoms with van der Waals surface area (Å²) in [5.74, 6) is -0.00340. The zero-order valence-electron chi connectivity index (χ0n) is 13.0. The third kappa shape index (κ3) is 4.34. The quantitative estimate of drug-likeness (QED) is 0.677. The number of hydrogen-bond donors (Lipinski definition) is 1. The minimum Gasteiger partial charge on any atom is -0.334 e. The number of benzene rings is 1. The van der Waals surface area contributed by atoms with E-state index in [2.05, 4.69) is 20.4 Å². The molecule has 3 rings (SSSR count). The van der Waals surface area contributed by atoms with Gasteiger partial charge in [0, 0.05) is 6.20 Å². The van der Waals surface area contributed by atoms with Crippen LogP contribution in [-0.4, -0.2) is 26.8 Å². The molecule has 2 heterocycles. The van der Waals surface area contributed by atoms with Crippen LogP contribution in [0.1, 0.15) is 5.82 Å². The topological polar surface area (TPSA) is 80.9 Å². The van der Waals surface area contributed by atoms with E-state index in [0.717, 1.165) is 0 Å². The number of anilines is 1. The predicted molar refractivity (Wildman–Crippen MR) is 93.0 cm³/mol. The molecule has 25 heavy (non-hydrogen) atoms. The van der Waals surface area contributed by atoms with Gasteiger partial charge in [-0.15, -0.1) is 0 Å². The van der Waals surface area contributed by atoms with Gasteiger partial charge in [-0.25, -0.2) is 9.37 Å². The molecule has 128 valence electrons. The molecule has 2 aromatic heterocycles. The Morgan fingerprint density at radius 3 is 2.88 bits per heavy atom. The van der Waals surface area contributed by atoms with Crippen LogP contribution in [0, 0.1) is 12.7 Å². The summed E-state index contributed by atoms with van der Waals surface area (Å²) in [6, 6.07) is 7.94. The average Bonchev–Trinajstić information content (AvgIpc) is 3.04. The summed E-state index contributed by atoms with van der Waals surface area (Å²) in [5, 5.41) is 6.79. The van der Waals surface area contributed by atoms with Crippen molar-refractivity contribution in [1.82, 2.24) is 15.1 Å². The SMILES string of the molecule is Cc1noc(-c2ccc(SCC(=O)Nc3cccc(Cl)c3F)nc2)n1. The summed E-state index contributed by atoms with van der Waals surface area (Å²) in [5.41, 5.74) is 0.739. The van der Waals surface area contributed by atoms with Gasteiger partial charge in [0.25, 0.3) is 5.89 Å². The van der Waals surface area contributed by atoms with Crippen LogP contribution in [0.3, 0.4) is 0 Å². The number of carbonyl (C=O) groups excluding carboxylic acids is 1. The molecular weight excluding hydrogens is 367 g/mol. The van der Waals surface area contributed by atoms with E-state index in [1.807, 2.05) is 0 Å². The van der Waals surface area contributed by atoms with Crippen molar-refractivity contribution in [2.45, 2.75) is 11.9 Å². The molecule has 9 heteroatoms. The van der Waals surface area contributed by atoms with Gasteiger partial charge in [-0.05, 0) is 31.2 Å². The first kappa shape index (κ1) is 17.4. The largest absolute Gasteiger partial charge is 0.334 e. The van der Waals surface area contributed by atoms with Gasteiger partial charge in [0.1, 0.15) is 0 Å². The molecule has 0 spiro atoms. The molecule has 0 saturated carbocycles. The van der Waals surface area contributed by atoms with E-state index >= 15 is 0 Å². The Bertz CT molecular complexity index is 901. The summed E-state index contributed by atoms with van der Waals surface area (Å²) < 4.78 is 18.8. The van der Waals surface area contributed by atoms with E-state index in [-0.39, 0.29) is 22.4 Å². The van der Waals surface area contributed by atoms with E-state index in [1.165, 1.54) is 23.9 Å². The van der Waals surface area contributed by atoms with Crippen molar-refractivity contribution in [2.24, 2.45) is 0 Å². The van der Waals surface area contributed by atoms with Crippen LogP contribution in [-0.2, 0) is 4.79 Å². The Morgan fingerprint density at radius 1 is 1.36 bits per heavy atom. The highest BCUT2D eigenvalue weighted by Gasteiger charge is 2.11. The molecule has 0 saturated heterocycles. The minimum absolute atomic E-state index is 0.0426. The van der Waals surface area contributed by atoms with Crippen molar-refractivity contribution in [3.63, 3.8) is 0 Å². The Kier molecular flexibility index (Phi) is 5.30. The van der Waals surface area contributed by atoms with Crippen molar-refractivity contribution < 1.29 is 13.7 Å². The summed E-state index contributed by atoms with van der Waals surface area (Å²) in [4.78, 5) is 20.3. The maximum Gasteiger partial charge on any atom is 0.259 e. The number of nitrogens with zero attached hydrogens (tertiary/aromatic N) is 3. The standard InChI is InChI=1S/C16H12ClFN4O2S/c1-9-20-16(24-22-9)10-5-6-14(19-7-10)25-8-13(23)21-12-4-2-3-11(17)15(12)18/h2-7H,8H2,1H3,(H,21,23). The van der Waals surface area contributed by atoms with Crippen molar-refractivity contribution in [3.8, 4) is 11.5 Å². The lowest BCUT2D eigenvalue weighted by molar-refractivity contribution is -0.113. The van der Waals surface area contributed by atoms with Gasteiger partial charge in [0.15, 0.2) is 11.6 Å². The minimum atomic E-state index is -0.653. The molecule has 0 aliphatic rings. The molecule has 0 fully saturated rings. The number of aromatic nitrogens is 3. The van der Waals surface area contributed by atoms with Gasteiger partial charge in [0.2, 0.25) is 5.91 Å². The third-order valence-corrected chi connectivity index (χ3v) is 4.32. The number of hydrogen-bond acceptors (Lipinski definition) is 6. The number of aryl methyl sites for hydroxylation is 1. The highest BCUT2D eigenvalue weighted by atomic mass is 35.5. The number of halogens is 2. The molecule has 6 nitrogen and oxygen atoms in total. The number of rotatable bonds is 5. The monoisotopic (exact) mass is 378 g/mol. The molecular formula is C16H12ClFN4O2S. The zero-order chi connectivity index (χ0) is 17.8. The summed E-state index contributed by atoms with van der Waals surface area (Å²) in [6.45, 7) is 1.73. The second-order valence-electron chi connectivity index (χ2n) is 4.97. The first-order valence-electron chi connectivity index (χ1n) is 7.16. The number of amides is 1. The number of pyridine rings is 1. The normalized spacial score (nSPS) is 10.7. The number of nitrogens with one attached hydrogen (secondary N) is 1. The van der Waals surface area contributed by atoms with Gasteiger partial charge in [-0.2, -0.15) is 4.98 Å². The van der Waals surface area contributed by atoms with Crippen LogP contribution in [0.2, 0.25) is 5.02 Å². The summed E-state index contributed by atoms with van der Waals surface area (Å²) >= 11 is 6.90. The van der Waals surface area contributed by atoms with Gasteiger partial charge in [0.05, 0.1) is 27.1 Å². The fourth-order valence-corrected chi connectivity index (χ4v) is 2.75.